The van der Waals surface area contributed by atoms with Crippen LogP contribution in [0.4, 0.5) is 10.8 Å². The van der Waals surface area contributed by atoms with Gasteiger partial charge >= 0.3 is 0 Å². The SMILES string of the molecule is CCS(=O)(=O)c1c(N)nsc1NCCCn1ccnc1. The van der Waals surface area contributed by atoms with Gasteiger partial charge in [-0.15, -0.1) is 0 Å². The third-order valence-corrected chi connectivity index (χ3v) is 5.55. The van der Waals surface area contributed by atoms with Gasteiger partial charge in [-0.3, -0.25) is 0 Å². The van der Waals surface area contributed by atoms with Crippen LogP contribution in [0.25, 0.3) is 0 Å². The van der Waals surface area contributed by atoms with Gasteiger partial charge in [0, 0.05) is 25.5 Å². The highest BCUT2D eigenvalue weighted by molar-refractivity contribution is 7.91. The monoisotopic (exact) mass is 315 g/mol. The summed E-state index contributed by atoms with van der Waals surface area (Å²) in [5.41, 5.74) is 5.65. The van der Waals surface area contributed by atoms with Gasteiger partial charge in [0.05, 0.1) is 12.1 Å². The van der Waals surface area contributed by atoms with Crippen LogP contribution in [0.15, 0.2) is 23.6 Å². The van der Waals surface area contributed by atoms with E-state index < -0.39 is 9.84 Å². The zero-order chi connectivity index (χ0) is 14.6. The molecule has 7 nitrogen and oxygen atoms in total. The molecule has 0 aromatic carbocycles. The van der Waals surface area contributed by atoms with Crippen molar-refractivity contribution in [2.24, 2.45) is 0 Å². The van der Waals surface area contributed by atoms with Crippen molar-refractivity contribution < 1.29 is 8.42 Å². The molecule has 0 aliphatic heterocycles. The number of nitrogens with zero attached hydrogens (tertiary/aromatic N) is 3. The van der Waals surface area contributed by atoms with Crippen LogP contribution in [0.5, 0.6) is 0 Å². The first-order chi connectivity index (χ1) is 9.54. The largest absolute Gasteiger partial charge is 0.382 e. The van der Waals surface area contributed by atoms with Gasteiger partial charge in [-0.25, -0.2) is 13.4 Å². The Morgan fingerprint density at radius 3 is 2.95 bits per heavy atom. The fourth-order valence-electron chi connectivity index (χ4n) is 1.73. The Labute approximate surface area is 121 Å². The zero-order valence-electron chi connectivity index (χ0n) is 11.1. The number of nitrogen functional groups attached to an aromatic ring is 1. The van der Waals surface area contributed by atoms with Gasteiger partial charge in [-0.1, -0.05) is 6.92 Å². The number of aryl methyl sites for hydroxylation is 1. The van der Waals surface area contributed by atoms with Crippen molar-refractivity contribution in [2.45, 2.75) is 24.8 Å². The third kappa shape index (κ3) is 3.28. The lowest BCUT2D eigenvalue weighted by molar-refractivity contribution is 0.598. The molecule has 2 heterocycles. The molecule has 0 atom stereocenters. The molecule has 0 spiro atoms. The van der Waals surface area contributed by atoms with Crippen molar-refractivity contribution in [1.29, 1.82) is 0 Å². The number of hydrogen-bond acceptors (Lipinski definition) is 7. The molecule has 0 bridgehead atoms. The Bertz CT molecular complexity index is 648. The number of sulfone groups is 1. The van der Waals surface area contributed by atoms with Crippen LogP contribution in [0.1, 0.15) is 13.3 Å². The summed E-state index contributed by atoms with van der Waals surface area (Å²) in [5.74, 6) is 0.0910. The van der Waals surface area contributed by atoms with E-state index in [9.17, 15) is 8.42 Å². The lowest BCUT2D eigenvalue weighted by Crippen LogP contribution is -2.11. The van der Waals surface area contributed by atoms with Gasteiger partial charge < -0.3 is 15.6 Å². The molecular weight excluding hydrogens is 298 g/mol. The second-order valence-corrected chi connectivity index (χ2v) is 7.20. The van der Waals surface area contributed by atoms with Crippen LogP contribution in [0.2, 0.25) is 0 Å². The maximum absolute atomic E-state index is 12.0. The molecule has 0 fully saturated rings. The number of nitrogens with one attached hydrogen (secondary N) is 1. The predicted octanol–water partition coefficient (Wildman–Crippen LogP) is 1.22. The van der Waals surface area contributed by atoms with Crippen LogP contribution in [0.3, 0.4) is 0 Å². The topological polar surface area (TPSA) is 103 Å². The Balaban J connectivity index is 1.97. The minimum Gasteiger partial charge on any atom is -0.382 e. The number of nitrogens with two attached hydrogens (primary N) is 1. The highest BCUT2D eigenvalue weighted by Crippen LogP contribution is 2.32. The normalized spacial score (nSPS) is 11.7. The summed E-state index contributed by atoms with van der Waals surface area (Å²) < 4.78 is 29.8. The van der Waals surface area contributed by atoms with E-state index in [2.05, 4.69) is 14.7 Å². The van der Waals surface area contributed by atoms with E-state index in [0.29, 0.717) is 11.5 Å². The van der Waals surface area contributed by atoms with Crippen molar-refractivity contribution >= 4 is 32.2 Å². The first-order valence-electron chi connectivity index (χ1n) is 6.22. The summed E-state index contributed by atoms with van der Waals surface area (Å²) in [6.45, 7) is 3.05. The maximum atomic E-state index is 12.0. The second-order valence-electron chi connectivity index (χ2n) is 4.21. The number of imidazole rings is 1. The minimum absolute atomic E-state index is 0.0132. The Morgan fingerprint density at radius 2 is 2.30 bits per heavy atom. The molecule has 9 heteroatoms. The van der Waals surface area contributed by atoms with Gasteiger partial charge in [-0.2, -0.15) is 4.37 Å². The van der Waals surface area contributed by atoms with Crippen molar-refractivity contribution in [2.75, 3.05) is 23.3 Å². The molecule has 2 rings (SSSR count). The number of anilines is 2. The van der Waals surface area contributed by atoms with Gasteiger partial charge in [-0.05, 0) is 18.0 Å². The molecule has 3 N–H and O–H groups in total. The minimum atomic E-state index is -3.35. The van der Waals surface area contributed by atoms with E-state index in [1.165, 1.54) is 0 Å². The Kier molecular flexibility index (Phi) is 4.61. The van der Waals surface area contributed by atoms with E-state index in [0.717, 1.165) is 24.5 Å². The molecule has 20 heavy (non-hydrogen) atoms. The molecule has 0 amide bonds. The first kappa shape index (κ1) is 14.8. The van der Waals surface area contributed by atoms with Crippen LogP contribution in [-0.2, 0) is 16.4 Å². The second kappa shape index (κ2) is 6.23. The van der Waals surface area contributed by atoms with Crippen LogP contribution < -0.4 is 11.1 Å². The zero-order valence-corrected chi connectivity index (χ0v) is 12.7. The fraction of sp³-hybridized carbons (Fsp3) is 0.455. The number of aromatic nitrogens is 3. The molecule has 110 valence electrons. The molecule has 0 unspecified atom stereocenters. The molecular formula is C11H17N5O2S2. The first-order valence-corrected chi connectivity index (χ1v) is 8.64. The number of rotatable bonds is 7. The predicted molar refractivity (Wildman–Crippen MR) is 79.6 cm³/mol. The summed E-state index contributed by atoms with van der Waals surface area (Å²) in [6, 6.07) is 0. The van der Waals surface area contributed by atoms with E-state index in [1.54, 1.807) is 19.4 Å². The summed E-state index contributed by atoms with van der Waals surface area (Å²) in [4.78, 5) is 4.09. The van der Waals surface area contributed by atoms with Gasteiger partial charge in [0.1, 0.15) is 9.90 Å². The van der Waals surface area contributed by atoms with Crippen LogP contribution in [-0.4, -0.2) is 34.6 Å². The molecule has 2 aromatic heterocycles. The fourth-order valence-corrected chi connectivity index (χ4v) is 3.93. The summed E-state index contributed by atoms with van der Waals surface area (Å²) >= 11 is 1.08. The van der Waals surface area contributed by atoms with E-state index >= 15 is 0 Å². The molecule has 0 aliphatic carbocycles. The maximum Gasteiger partial charge on any atom is 0.184 e. The summed E-state index contributed by atoms with van der Waals surface area (Å²) in [6.07, 6.45) is 6.21. The average Bonchev–Trinajstić information content (AvgIpc) is 3.04. The lowest BCUT2D eigenvalue weighted by Gasteiger charge is -2.07. The summed E-state index contributed by atoms with van der Waals surface area (Å²) in [5, 5.41) is 3.62. The lowest BCUT2D eigenvalue weighted by atomic mass is 10.4. The Morgan fingerprint density at radius 1 is 1.50 bits per heavy atom. The van der Waals surface area contributed by atoms with Gasteiger partial charge in [0.2, 0.25) is 0 Å². The average molecular weight is 315 g/mol. The highest BCUT2D eigenvalue weighted by atomic mass is 32.2. The smallest absolute Gasteiger partial charge is 0.184 e. The highest BCUT2D eigenvalue weighted by Gasteiger charge is 2.23. The van der Waals surface area contributed by atoms with Gasteiger partial charge in [0.15, 0.2) is 15.7 Å². The summed E-state index contributed by atoms with van der Waals surface area (Å²) in [7, 11) is -3.35. The van der Waals surface area contributed by atoms with Crippen molar-refractivity contribution in [3.63, 3.8) is 0 Å². The van der Waals surface area contributed by atoms with E-state index in [-0.39, 0.29) is 16.5 Å². The quantitative estimate of drug-likeness (QED) is 0.745. The van der Waals surface area contributed by atoms with Crippen LogP contribution in [0, 0.1) is 0 Å². The van der Waals surface area contributed by atoms with Crippen molar-refractivity contribution in [3.05, 3.63) is 18.7 Å². The molecule has 2 aromatic rings. The Hall–Kier alpha value is -1.61. The van der Waals surface area contributed by atoms with E-state index in [1.807, 2.05) is 10.8 Å². The van der Waals surface area contributed by atoms with Crippen molar-refractivity contribution in [1.82, 2.24) is 13.9 Å². The molecule has 0 saturated heterocycles. The van der Waals surface area contributed by atoms with Crippen molar-refractivity contribution in [3.8, 4) is 0 Å². The van der Waals surface area contributed by atoms with Gasteiger partial charge in [0.25, 0.3) is 0 Å². The molecule has 0 saturated carbocycles. The van der Waals surface area contributed by atoms with Crippen LogP contribution >= 0.6 is 11.5 Å². The third-order valence-electron chi connectivity index (χ3n) is 2.80. The van der Waals surface area contributed by atoms with E-state index in [4.69, 9.17) is 5.73 Å². The standard InChI is InChI=1S/C11H17N5O2S2/c1-2-20(17,18)9-10(12)15-19-11(9)14-4-3-6-16-7-5-13-8-16/h5,7-8,14H,2-4,6H2,1H3,(H2,12,15). The molecule has 0 aliphatic rings. The molecule has 0 radical (unpaired) electrons. The number of hydrogen-bond donors (Lipinski definition) is 2.